The summed E-state index contributed by atoms with van der Waals surface area (Å²) in [7, 11) is 0. The van der Waals surface area contributed by atoms with Gasteiger partial charge in [-0.1, -0.05) is 330 Å². The summed E-state index contributed by atoms with van der Waals surface area (Å²) in [5.41, 5.74) is 0. The largest absolute Gasteiger partial charge is 0.462 e. The van der Waals surface area contributed by atoms with Gasteiger partial charge in [0.05, 0.1) is 0 Å². The molecule has 0 aromatic rings. The van der Waals surface area contributed by atoms with E-state index in [0.717, 1.165) is 69.6 Å². The maximum Gasteiger partial charge on any atom is 0.306 e. The van der Waals surface area contributed by atoms with Gasteiger partial charge in [-0.3, -0.25) is 14.4 Å². The van der Waals surface area contributed by atoms with Crippen LogP contribution in [0.15, 0.2) is 0 Å². The maximum atomic E-state index is 12.9. The van der Waals surface area contributed by atoms with E-state index in [1.165, 1.54) is 257 Å². The van der Waals surface area contributed by atoms with Gasteiger partial charge in [-0.2, -0.15) is 0 Å². The van der Waals surface area contributed by atoms with Crippen molar-refractivity contribution < 1.29 is 28.6 Å². The number of unbranched alkanes of at least 4 members (excludes halogenated alkanes) is 43. The molecule has 0 rings (SSSR count). The summed E-state index contributed by atoms with van der Waals surface area (Å²) in [5.74, 6) is 0.895. The van der Waals surface area contributed by atoms with Crippen LogP contribution >= 0.6 is 0 Å². The number of ether oxygens (including phenoxy) is 3. The smallest absolute Gasteiger partial charge is 0.306 e. The number of hydrogen-bond donors (Lipinski definition) is 0. The van der Waals surface area contributed by atoms with Gasteiger partial charge in [0, 0.05) is 19.3 Å². The molecule has 0 aliphatic rings. The predicted octanol–water partition coefficient (Wildman–Crippen LogP) is 21.6. The molecule has 0 aromatic heterocycles. The van der Waals surface area contributed by atoms with E-state index in [0.29, 0.717) is 19.3 Å². The van der Waals surface area contributed by atoms with E-state index < -0.39 is 6.10 Å². The fourth-order valence-corrected chi connectivity index (χ4v) is 10.1. The van der Waals surface area contributed by atoms with E-state index in [2.05, 4.69) is 34.6 Å². The molecule has 6 nitrogen and oxygen atoms in total. The molecule has 0 aliphatic heterocycles. The van der Waals surface area contributed by atoms with Crippen molar-refractivity contribution in [3.8, 4) is 0 Å². The lowest BCUT2D eigenvalue weighted by atomic mass is 9.99. The first-order valence-electron chi connectivity index (χ1n) is 32.3. The van der Waals surface area contributed by atoms with Gasteiger partial charge in [0.15, 0.2) is 6.10 Å². The van der Waals surface area contributed by atoms with E-state index in [1.807, 2.05) is 0 Å². The van der Waals surface area contributed by atoms with Crippen molar-refractivity contribution in [3.63, 3.8) is 0 Å². The van der Waals surface area contributed by atoms with Gasteiger partial charge < -0.3 is 14.2 Å². The fourth-order valence-electron chi connectivity index (χ4n) is 10.1. The molecule has 0 saturated carbocycles. The highest BCUT2D eigenvalue weighted by molar-refractivity contribution is 5.71. The van der Waals surface area contributed by atoms with Crippen molar-refractivity contribution in [2.24, 2.45) is 11.8 Å². The third-order valence-corrected chi connectivity index (χ3v) is 15.3. The lowest BCUT2D eigenvalue weighted by Gasteiger charge is -2.18. The van der Waals surface area contributed by atoms with E-state index in [-0.39, 0.29) is 31.1 Å². The molecule has 0 fully saturated rings. The second-order valence-electron chi connectivity index (χ2n) is 23.1. The van der Waals surface area contributed by atoms with E-state index in [9.17, 15) is 14.4 Å². The van der Waals surface area contributed by atoms with Crippen molar-refractivity contribution in [2.75, 3.05) is 13.2 Å². The molecule has 0 spiro atoms. The van der Waals surface area contributed by atoms with Gasteiger partial charge in [-0.25, -0.2) is 0 Å². The van der Waals surface area contributed by atoms with Crippen molar-refractivity contribution in [1.82, 2.24) is 0 Å². The summed E-state index contributed by atoms with van der Waals surface area (Å²) >= 11 is 0. The highest BCUT2D eigenvalue weighted by Crippen LogP contribution is 2.19. The highest BCUT2D eigenvalue weighted by Gasteiger charge is 2.19. The van der Waals surface area contributed by atoms with E-state index >= 15 is 0 Å². The number of rotatable bonds is 59. The Hall–Kier alpha value is -1.59. The topological polar surface area (TPSA) is 78.9 Å². The van der Waals surface area contributed by atoms with Gasteiger partial charge in [0.25, 0.3) is 0 Å². The van der Waals surface area contributed by atoms with Crippen LogP contribution in [-0.4, -0.2) is 37.2 Å². The average molecular weight is 1000 g/mol. The van der Waals surface area contributed by atoms with Crippen LogP contribution in [0.3, 0.4) is 0 Å². The van der Waals surface area contributed by atoms with Crippen molar-refractivity contribution in [2.45, 2.75) is 375 Å². The van der Waals surface area contributed by atoms with E-state index in [4.69, 9.17) is 14.2 Å². The molecule has 0 radical (unpaired) electrons. The van der Waals surface area contributed by atoms with E-state index in [1.54, 1.807) is 0 Å². The molecule has 6 heteroatoms. The van der Waals surface area contributed by atoms with Gasteiger partial charge in [0.1, 0.15) is 13.2 Å². The monoisotopic (exact) mass is 1000 g/mol. The standard InChI is InChI=1S/C65H126O6/c1-6-8-9-10-11-12-13-14-15-16-20-23-26-29-35-40-45-50-55-63(66)69-58-62(59-70-64(67)56-51-46-41-36-32-31-33-38-43-48-53-60(3)4)71-65(68)57-52-47-42-37-30-27-24-21-18-17-19-22-25-28-34-39-44-49-54-61(5)7-2/h60-62H,6-59H2,1-5H3/t61?,62-/m1/s1. The second kappa shape index (κ2) is 57.7. The Morgan fingerprint density at radius 2 is 0.535 bits per heavy atom. The van der Waals surface area contributed by atoms with Gasteiger partial charge in [0.2, 0.25) is 0 Å². The first kappa shape index (κ1) is 69.4. The van der Waals surface area contributed by atoms with Crippen molar-refractivity contribution in [3.05, 3.63) is 0 Å². The summed E-state index contributed by atoms with van der Waals surface area (Å²) < 4.78 is 17.0. The summed E-state index contributed by atoms with van der Waals surface area (Å²) in [6, 6.07) is 0. The molecule has 0 heterocycles. The molecular weight excluding hydrogens is 877 g/mol. The van der Waals surface area contributed by atoms with Gasteiger partial charge in [-0.15, -0.1) is 0 Å². The third-order valence-electron chi connectivity index (χ3n) is 15.3. The highest BCUT2D eigenvalue weighted by atomic mass is 16.6. The molecule has 2 atom stereocenters. The number of carbonyl (C=O) groups excluding carboxylic acids is 3. The number of carbonyl (C=O) groups is 3. The van der Waals surface area contributed by atoms with Crippen molar-refractivity contribution in [1.29, 1.82) is 0 Å². The fraction of sp³-hybridized carbons (Fsp3) is 0.954. The molecule has 0 amide bonds. The van der Waals surface area contributed by atoms with Crippen LogP contribution in [0.1, 0.15) is 369 Å². The number of hydrogen-bond acceptors (Lipinski definition) is 6. The van der Waals surface area contributed by atoms with Crippen molar-refractivity contribution >= 4 is 17.9 Å². The SMILES string of the molecule is CCCCCCCCCCCCCCCCCCCCC(=O)OC[C@H](COC(=O)CCCCCCCCCCCCC(C)C)OC(=O)CCCCCCCCCCCCCCCCCCCCC(C)CC. The Kier molecular flexibility index (Phi) is 56.4. The Morgan fingerprint density at radius 3 is 0.803 bits per heavy atom. The van der Waals surface area contributed by atoms with Crippen LogP contribution in [0.5, 0.6) is 0 Å². The molecule has 0 aromatic carbocycles. The zero-order valence-corrected chi connectivity index (χ0v) is 48.9. The number of esters is 3. The molecule has 1 unspecified atom stereocenters. The summed E-state index contributed by atoms with van der Waals surface area (Å²) in [6.45, 7) is 11.5. The minimum atomic E-state index is -0.764. The van der Waals surface area contributed by atoms with Gasteiger partial charge >= 0.3 is 17.9 Å². The molecule has 0 N–H and O–H groups in total. The second-order valence-corrected chi connectivity index (χ2v) is 23.1. The Balaban J connectivity index is 4.25. The van der Waals surface area contributed by atoms with Crippen LogP contribution < -0.4 is 0 Å². The zero-order valence-electron chi connectivity index (χ0n) is 48.9. The molecule has 0 saturated heterocycles. The maximum absolute atomic E-state index is 12.9. The molecule has 71 heavy (non-hydrogen) atoms. The summed E-state index contributed by atoms with van der Waals surface area (Å²) in [5, 5.41) is 0. The lowest BCUT2D eigenvalue weighted by molar-refractivity contribution is -0.167. The average Bonchev–Trinajstić information content (AvgIpc) is 3.36. The molecular formula is C65H126O6. The summed E-state index contributed by atoms with van der Waals surface area (Å²) in [6.07, 6.45) is 63.9. The molecule has 0 bridgehead atoms. The molecule has 422 valence electrons. The third kappa shape index (κ3) is 57.5. The Morgan fingerprint density at radius 1 is 0.296 bits per heavy atom. The minimum Gasteiger partial charge on any atom is -0.462 e. The first-order valence-corrected chi connectivity index (χ1v) is 32.3. The normalized spacial score (nSPS) is 12.4. The minimum absolute atomic E-state index is 0.0620. The van der Waals surface area contributed by atoms with Crippen LogP contribution in [0.4, 0.5) is 0 Å². The van der Waals surface area contributed by atoms with Crippen LogP contribution in [0, 0.1) is 11.8 Å². The Bertz CT molecular complexity index is 1090. The van der Waals surface area contributed by atoms with Crippen LogP contribution in [-0.2, 0) is 28.6 Å². The zero-order chi connectivity index (χ0) is 51.8. The predicted molar refractivity (Wildman–Crippen MR) is 307 cm³/mol. The van der Waals surface area contributed by atoms with Crippen LogP contribution in [0.2, 0.25) is 0 Å². The summed E-state index contributed by atoms with van der Waals surface area (Å²) in [4.78, 5) is 38.3. The lowest BCUT2D eigenvalue weighted by Crippen LogP contribution is -2.30. The van der Waals surface area contributed by atoms with Crippen LogP contribution in [0.25, 0.3) is 0 Å². The molecule has 0 aliphatic carbocycles. The van der Waals surface area contributed by atoms with Gasteiger partial charge in [-0.05, 0) is 31.1 Å². The quantitative estimate of drug-likeness (QED) is 0.0343. The Labute approximate surface area is 444 Å². The first-order chi connectivity index (χ1) is 34.8.